The molecule has 0 amide bonds. The van der Waals surface area contributed by atoms with Crippen LogP contribution in [0.5, 0.6) is 0 Å². The summed E-state index contributed by atoms with van der Waals surface area (Å²) in [6, 6.07) is 0.287. The highest BCUT2D eigenvalue weighted by Gasteiger charge is 2.05. The van der Waals surface area contributed by atoms with Crippen molar-refractivity contribution < 1.29 is 0 Å². The molecular weight excluding hydrogens is 194 g/mol. The summed E-state index contributed by atoms with van der Waals surface area (Å²) in [5, 5.41) is 0. The van der Waals surface area contributed by atoms with Crippen LogP contribution in [-0.2, 0) is 6.42 Å². The van der Waals surface area contributed by atoms with E-state index >= 15 is 0 Å². The number of nitrogens with zero attached hydrogens (tertiary/aromatic N) is 2. The molecule has 3 nitrogen and oxygen atoms in total. The van der Waals surface area contributed by atoms with Crippen molar-refractivity contribution in [1.29, 1.82) is 0 Å². The van der Waals surface area contributed by atoms with E-state index in [2.05, 4.69) is 24.0 Å². The normalized spacial score (nSPS) is 13.4. The number of rotatable bonds is 6. The number of aromatic nitrogens is 1. The molecule has 1 aromatic heterocycles. The Bertz CT molecular complexity index is 234. The highest BCUT2D eigenvalue weighted by Crippen LogP contribution is 2.10. The third-order valence-corrected chi connectivity index (χ3v) is 2.93. The Labute approximate surface area is 89.9 Å². The van der Waals surface area contributed by atoms with Crippen molar-refractivity contribution in [3.63, 3.8) is 0 Å². The minimum atomic E-state index is 0.287. The minimum Gasteiger partial charge on any atom is -0.327 e. The van der Waals surface area contributed by atoms with Crippen LogP contribution >= 0.6 is 11.3 Å². The van der Waals surface area contributed by atoms with Gasteiger partial charge in [-0.15, -0.1) is 11.3 Å². The summed E-state index contributed by atoms with van der Waals surface area (Å²) in [5.41, 5.74) is 7.87. The van der Waals surface area contributed by atoms with E-state index < -0.39 is 0 Å². The molecule has 1 unspecified atom stereocenters. The molecule has 1 rings (SSSR count). The second-order valence-corrected chi connectivity index (χ2v) is 4.85. The van der Waals surface area contributed by atoms with Gasteiger partial charge in [-0.2, -0.15) is 0 Å². The maximum atomic E-state index is 6.01. The van der Waals surface area contributed by atoms with Gasteiger partial charge in [-0.05, 0) is 39.9 Å². The van der Waals surface area contributed by atoms with Crippen LogP contribution in [0.2, 0.25) is 0 Å². The molecule has 14 heavy (non-hydrogen) atoms. The molecule has 0 aliphatic carbocycles. The van der Waals surface area contributed by atoms with Gasteiger partial charge in [-0.25, -0.2) is 0 Å². The summed E-state index contributed by atoms with van der Waals surface area (Å²) in [7, 11) is 4.18. The third kappa shape index (κ3) is 4.69. The summed E-state index contributed by atoms with van der Waals surface area (Å²) in [5.74, 6) is 0. The molecule has 2 N–H and O–H groups in total. The molecule has 0 fully saturated rings. The fourth-order valence-corrected chi connectivity index (χ4v) is 2.06. The number of thiazole rings is 1. The van der Waals surface area contributed by atoms with Gasteiger partial charge in [0.1, 0.15) is 0 Å². The first-order chi connectivity index (χ1) is 6.68. The van der Waals surface area contributed by atoms with Crippen molar-refractivity contribution in [3.8, 4) is 0 Å². The Morgan fingerprint density at radius 2 is 2.36 bits per heavy atom. The molecule has 1 aromatic rings. The van der Waals surface area contributed by atoms with Crippen molar-refractivity contribution in [2.45, 2.75) is 25.3 Å². The van der Waals surface area contributed by atoms with Crippen LogP contribution in [-0.4, -0.2) is 36.6 Å². The van der Waals surface area contributed by atoms with Gasteiger partial charge in [0.25, 0.3) is 0 Å². The fraction of sp³-hybridized carbons (Fsp3) is 0.700. The standard InChI is InChI=1S/C10H19N3S/c1-13(2)5-3-4-9(11)6-10-7-12-8-14-10/h7-9H,3-6,11H2,1-2H3. The van der Waals surface area contributed by atoms with Gasteiger partial charge in [0.15, 0.2) is 0 Å². The van der Waals surface area contributed by atoms with Crippen molar-refractivity contribution >= 4 is 11.3 Å². The molecule has 0 aromatic carbocycles. The highest BCUT2D eigenvalue weighted by molar-refractivity contribution is 7.09. The lowest BCUT2D eigenvalue weighted by molar-refractivity contribution is 0.384. The van der Waals surface area contributed by atoms with E-state index in [-0.39, 0.29) is 6.04 Å². The third-order valence-electron chi connectivity index (χ3n) is 2.13. The van der Waals surface area contributed by atoms with E-state index in [0.29, 0.717) is 0 Å². The molecule has 0 saturated carbocycles. The fourth-order valence-electron chi connectivity index (χ4n) is 1.37. The monoisotopic (exact) mass is 213 g/mol. The lowest BCUT2D eigenvalue weighted by atomic mass is 10.1. The largest absolute Gasteiger partial charge is 0.327 e. The first-order valence-corrected chi connectivity index (χ1v) is 5.84. The van der Waals surface area contributed by atoms with Gasteiger partial charge in [-0.3, -0.25) is 4.98 Å². The molecule has 0 bridgehead atoms. The molecule has 0 spiro atoms. The van der Waals surface area contributed by atoms with Crippen LogP contribution in [0.15, 0.2) is 11.7 Å². The quantitative estimate of drug-likeness (QED) is 0.775. The van der Waals surface area contributed by atoms with Gasteiger partial charge in [0, 0.05) is 17.1 Å². The van der Waals surface area contributed by atoms with Crippen LogP contribution in [0.1, 0.15) is 17.7 Å². The van der Waals surface area contributed by atoms with Crippen molar-refractivity contribution in [3.05, 3.63) is 16.6 Å². The maximum absolute atomic E-state index is 6.01. The number of nitrogens with two attached hydrogens (primary N) is 1. The van der Waals surface area contributed by atoms with Gasteiger partial charge < -0.3 is 10.6 Å². The van der Waals surface area contributed by atoms with Crippen molar-refractivity contribution in [2.75, 3.05) is 20.6 Å². The summed E-state index contributed by atoms with van der Waals surface area (Å²) in [6.07, 6.45) is 5.15. The van der Waals surface area contributed by atoms with Crippen LogP contribution in [0, 0.1) is 0 Å². The van der Waals surface area contributed by atoms with E-state index in [1.54, 1.807) is 11.3 Å². The molecule has 0 saturated heterocycles. The van der Waals surface area contributed by atoms with E-state index in [1.165, 1.54) is 11.3 Å². The second kappa shape index (κ2) is 6.11. The van der Waals surface area contributed by atoms with Crippen LogP contribution < -0.4 is 5.73 Å². The summed E-state index contributed by atoms with van der Waals surface area (Å²) < 4.78 is 0. The van der Waals surface area contributed by atoms with Crippen LogP contribution in [0.4, 0.5) is 0 Å². The predicted molar refractivity (Wildman–Crippen MR) is 61.6 cm³/mol. The molecule has 80 valence electrons. The molecule has 0 aliphatic heterocycles. The molecule has 4 heteroatoms. The molecule has 0 aliphatic rings. The van der Waals surface area contributed by atoms with Gasteiger partial charge >= 0.3 is 0 Å². The van der Waals surface area contributed by atoms with Crippen LogP contribution in [0.3, 0.4) is 0 Å². The first-order valence-electron chi connectivity index (χ1n) is 4.96. The highest BCUT2D eigenvalue weighted by atomic mass is 32.1. The van der Waals surface area contributed by atoms with Crippen molar-refractivity contribution in [2.24, 2.45) is 5.73 Å². The van der Waals surface area contributed by atoms with Gasteiger partial charge in [-0.1, -0.05) is 0 Å². The summed E-state index contributed by atoms with van der Waals surface area (Å²) in [4.78, 5) is 7.53. The summed E-state index contributed by atoms with van der Waals surface area (Å²) in [6.45, 7) is 1.12. The Hall–Kier alpha value is -0.450. The second-order valence-electron chi connectivity index (χ2n) is 3.88. The van der Waals surface area contributed by atoms with E-state index in [9.17, 15) is 0 Å². The Morgan fingerprint density at radius 1 is 1.57 bits per heavy atom. The van der Waals surface area contributed by atoms with Gasteiger partial charge in [0.05, 0.1) is 5.51 Å². The average Bonchev–Trinajstić information content (AvgIpc) is 2.56. The number of hydrogen-bond acceptors (Lipinski definition) is 4. The number of hydrogen-bond donors (Lipinski definition) is 1. The summed E-state index contributed by atoms with van der Waals surface area (Å²) >= 11 is 1.69. The predicted octanol–water partition coefficient (Wildman–Crippen LogP) is 1.35. The zero-order valence-electron chi connectivity index (χ0n) is 8.94. The molecular formula is C10H19N3S. The molecule has 0 radical (unpaired) electrons. The van der Waals surface area contributed by atoms with Crippen LogP contribution in [0.25, 0.3) is 0 Å². The van der Waals surface area contributed by atoms with E-state index in [1.807, 2.05) is 11.7 Å². The topological polar surface area (TPSA) is 42.1 Å². The van der Waals surface area contributed by atoms with E-state index in [4.69, 9.17) is 5.73 Å². The van der Waals surface area contributed by atoms with E-state index in [0.717, 1.165) is 19.4 Å². The smallest absolute Gasteiger partial charge is 0.0794 e. The zero-order chi connectivity index (χ0) is 10.4. The molecule has 1 heterocycles. The SMILES string of the molecule is CN(C)CCCC(N)Cc1cncs1. The zero-order valence-corrected chi connectivity index (χ0v) is 9.76. The minimum absolute atomic E-state index is 0.287. The van der Waals surface area contributed by atoms with Crippen molar-refractivity contribution in [1.82, 2.24) is 9.88 Å². The lowest BCUT2D eigenvalue weighted by Gasteiger charge is -2.12. The maximum Gasteiger partial charge on any atom is 0.0794 e. The Morgan fingerprint density at radius 3 is 2.93 bits per heavy atom. The molecule has 1 atom stereocenters. The average molecular weight is 213 g/mol. The Kier molecular flexibility index (Phi) is 5.07. The lowest BCUT2D eigenvalue weighted by Crippen LogP contribution is -2.24. The van der Waals surface area contributed by atoms with Gasteiger partial charge in [0.2, 0.25) is 0 Å². The first kappa shape index (κ1) is 11.6. The Balaban J connectivity index is 2.13.